The van der Waals surface area contributed by atoms with Crippen molar-refractivity contribution in [2.24, 2.45) is 5.92 Å². The van der Waals surface area contributed by atoms with Crippen LogP contribution in [0.4, 0.5) is 0 Å². The fourth-order valence-electron chi connectivity index (χ4n) is 4.70. The number of carbonyl (C=O) groups is 1. The maximum atomic E-state index is 12.7. The number of likely N-dealkylation sites (tertiary alicyclic amines) is 2. The zero-order chi connectivity index (χ0) is 21.3. The lowest BCUT2D eigenvalue weighted by Crippen LogP contribution is -2.44. The largest absolute Gasteiger partial charge is 0.497 e. The van der Waals surface area contributed by atoms with Crippen LogP contribution in [0.15, 0.2) is 30.3 Å². The van der Waals surface area contributed by atoms with Crippen LogP contribution in [0.5, 0.6) is 5.75 Å². The summed E-state index contributed by atoms with van der Waals surface area (Å²) in [6, 6.07) is 8.59. The third-order valence-corrected chi connectivity index (χ3v) is 6.79. The van der Waals surface area contributed by atoms with Crippen molar-refractivity contribution >= 4 is 12.0 Å². The maximum Gasteiger partial charge on any atom is 0.222 e. The molecular weight excluding hydrogens is 374 g/mol. The number of amides is 1. The van der Waals surface area contributed by atoms with Crippen molar-refractivity contribution in [3.05, 3.63) is 35.9 Å². The van der Waals surface area contributed by atoms with Gasteiger partial charge < -0.3 is 14.5 Å². The zero-order valence-corrected chi connectivity index (χ0v) is 19.1. The van der Waals surface area contributed by atoms with Crippen LogP contribution in [0, 0.1) is 5.92 Å². The van der Waals surface area contributed by atoms with E-state index in [2.05, 4.69) is 41.1 Å². The second-order valence-corrected chi connectivity index (χ2v) is 9.02. The Labute approximate surface area is 182 Å². The summed E-state index contributed by atoms with van der Waals surface area (Å²) >= 11 is 0. The van der Waals surface area contributed by atoms with Gasteiger partial charge in [0.1, 0.15) is 5.75 Å². The number of ether oxygens (including phenoxy) is 1. The monoisotopic (exact) mass is 413 g/mol. The summed E-state index contributed by atoms with van der Waals surface area (Å²) in [7, 11) is 5.87. The molecule has 5 nitrogen and oxygen atoms in total. The van der Waals surface area contributed by atoms with Gasteiger partial charge in [0.25, 0.3) is 0 Å². The van der Waals surface area contributed by atoms with Gasteiger partial charge in [-0.2, -0.15) is 0 Å². The topological polar surface area (TPSA) is 36.0 Å². The molecule has 0 aromatic heterocycles. The van der Waals surface area contributed by atoms with E-state index >= 15 is 0 Å². The highest BCUT2D eigenvalue weighted by Gasteiger charge is 2.25. The maximum absolute atomic E-state index is 12.7. The van der Waals surface area contributed by atoms with E-state index in [0.29, 0.717) is 24.3 Å². The molecule has 0 radical (unpaired) electrons. The van der Waals surface area contributed by atoms with Crippen LogP contribution >= 0.6 is 0 Å². The molecule has 1 aromatic rings. The Morgan fingerprint density at radius 2 is 1.90 bits per heavy atom. The summed E-state index contributed by atoms with van der Waals surface area (Å²) in [5, 5.41) is 0. The van der Waals surface area contributed by atoms with Crippen molar-refractivity contribution in [2.45, 2.75) is 44.6 Å². The Kier molecular flexibility index (Phi) is 8.76. The number of hydrogen-bond acceptors (Lipinski definition) is 4. The van der Waals surface area contributed by atoms with Crippen LogP contribution in [0.1, 0.15) is 44.1 Å². The number of carbonyl (C=O) groups excluding carboxylic acids is 1. The summed E-state index contributed by atoms with van der Waals surface area (Å²) in [6.07, 6.45) is 10.9. The molecule has 5 heteroatoms. The minimum atomic E-state index is 0.334. The fourth-order valence-corrected chi connectivity index (χ4v) is 4.70. The second kappa shape index (κ2) is 11.5. The van der Waals surface area contributed by atoms with Crippen molar-refractivity contribution < 1.29 is 9.53 Å². The van der Waals surface area contributed by atoms with Crippen LogP contribution < -0.4 is 4.74 Å². The van der Waals surface area contributed by atoms with Crippen LogP contribution in [0.2, 0.25) is 0 Å². The number of benzene rings is 1. The van der Waals surface area contributed by atoms with Gasteiger partial charge in [0.2, 0.25) is 5.91 Å². The third-order valence-electron chi connectivity index (χ3n) is 6.79. The van der Waals surface area contributed by atoms with E-state index in [-0.39, 0.29) is 0 Å². The first-order valence-electron chi connectivity index (χ1n) is 11.5. The van der Waals surface area contributed by atoms with Crippen molar-refractivity contribution in [1.82, 2.24) is 14.7 Å². The molecule has 0 spiro atoms. The Morgan fingerprint density at radius 1 is 1.17 bits per heavy atom. The molecule has 0 bridgehead atoms. The first kappa shape index (κ1) is 22.8. The van der Waals surface area contributed by atoms with E-state index < -0.39 is 0 Å². The Balaban J connectivity index is 1.38. The molecule has 1 aromatic carbocycles. The SMILES string of the molecule is COc1ccc(/C=C/CN2CCC[C@H](CCC(=O)N(C)C3CCN(C)CC3)C2)cc1. The average molecular weight is 414 g/mol. The normalized spacial score (nSPS) is 21.8. The summed E-state index contributed by atoms with van der Waals surface area (Å²) in [6.45, 7) is 5.45. The lowest BCUT2D eigenvalue weighted by molar-refractivity contribution is -0.133. The van der Waals surface area contributed by atoms with Gasteiger partial charge in [0, 0.05) is 32.6 Å². The van der Waals surface area contributed by atoms with Gasteiger partial charge in [-0.1, -0.05) is 24.3 Å². The van der Waals surface area contributed by atoms with Crippen LogP contribution in [-0.2, 0) is 4.79 Å². The highest BCUT2D eigenvalue weighted by atomic mass is 16.5. The molecule has 1 amide bonds. The number of nitrogens with zero attached hydrogens (tertiary/aromatic N) is 3. The molecule has 2 aliphatic heterocycles. The van der Waals surface area contributed by atoms with Gasteiger partial charge in [0.05, 0.1) is 7.11 Å². The predicted octanol–water partition coefficient (Wildman–Crippen LogP) is 3.75. The second-order valence-electron chi connectivity index (χ2n) is 9.02. The predicted molar refractivity (Wildman–Crippen MR) is 124 cm³/mol. The summed E-state index contributed by atoms with van der Waals surface area (Å²) in [5.74, 6) is 1.87. The first-order valence-corrected chi connectivity index (χ1v) is 11.5. The summed E-state index contributed by atoms with van der Waals surface area (Å²) in [4.78, 5) is 19.6. The van der Waals surface area contributed by atoms with Gasteiger partial charge in [-0.05, 0) is 82.4 Å². The minimum Gasteiger partial charge on any atom is -0.497 e. The Morgan fingerprint density at radius 3 is 2.60 bits per heavy atom. The van der Waals surface area contributed by atoms with Crippen molar-refractivity contribution in [1.29, 1.82) is 0 Å². The van der Waals surface area contributed by atoms with Crippen LogP contribution in [0.25, 0.3) is 6.08 Å². The quantitative estimate of drug-likeness (QED) is 0.650. The van der Waals surface area contributed by atoms with E-state index in [4.69, 9.17) is 4.74 Å². The number of piperidine rings is 2. The van der Waals surface area contributed by atoms with Gasteiger partial charge >= 0.3 is 0 Å². The Bertz CT molecular complexity index is 680. The standard InChI is InChI=1S/C25H39N3O2/c1-26-18-14-23(15-19-26)27(2)25(29)13-10-22-7-5-17-28(20-22)16-4-6-21-8-11-24(30-3)12-9-21/h4,6,8-9,11-12,22-23H,5,7,10,13-20H2,1-3H3/b6-4+/t22-/m1/s1. The summed E-state index contributed by atoms with van der Waals surface area (Å²) < 4.78 is 5.21. The van der Waals surface area contributed by atoms with Crippen molar-refractivity contribution in [3.63, 3.8) is 0 Å². The molecule has 2 saturated heterocycles. The highest BCUT2D eigenvalue weighted by molar-refractivity contribution is 5.76. The molecule has 0 unspecified atom stereocenters. The molecule has 2 heterocycles. The molecule has 30 heavy (non-hydrogen) atoms. The highest BCUT2D eigenvalue weighted by Crippen LogP contribution is 2.23. The fraction of sp³-hybridized carbons (Fsp3) is 0.640. The van der Waals surface area contributed by atoms with E-state index in [1.807, 2.05) is 24.1 Å². The smallest absolute Gasteiger partial charge is 0.222 e. The summed E-state index contributed by atoms with van der Waals surface area (Å²) in [5.41, 5.74) is 1.20. The molecule has 0 N–H and O–H groups in total. The molecule has 0 saturated carbocycles. The lowest BCUT2D eigenvalue weighted by atomic mass is 9.93. The van der Waals surface area contributed by atoms with Crippen molar-refractivity contribution in [3.8, 4) is 5.75 Å². The molecule has 2 fully saturated rings. The molecule has 2 aliphatic rings. The lowest BCUT2D eigenvalue weighted by Gasteiger charge is -2.36. The van der Waals surface area contributed by atoms with Crippen molar-refractivity contribution in [2.75, 3.05) is 53.9 Å². The number of hydrogen-bond donors (Lipinski definition) is 0. The average Bonchev–Trinajstić information content (AvgIpc) is 2.78. The van der Waals surface area contributed by atoms with Gasteiger partial charge in [-0.25, -0.2) is 0 Å². The van der Waals surface area contributed by atoms with Gasteiger partial charge in [-0.3, -0.25) is 9.69 Å². The van der Waals surface area contributed by atoms with Crippen LogP contribution in [-0.4, -0.2) is 80.6 Å². The van der Waals surface area contributed by atoms with E-state index in [0.717, 1.165) is 57.7 Å². The first-order chi connectivity index (χ1) is 14.5. The van der Waals surface area contributed by atoms with E-state index in [1.165, 1.54) is 18.4 Å². The minimum absolute atomic E-state index is 0.334. The number of rotatable bonds is 8. The van der Waals surface area contributed by atoms with Gasteiger partial charge in [0.15, 0.2) is 0 Å². The molecule has 3 rings (SSSR count). The third kappa shape index (κ3) is 6.85. The molecule has 166 valence electrons. The number of methoxy groups -OCH3 is 1. The molecule has 0 aliphatic carbocycles. The Hall–Kier alpha value is -1.85. The van der Waals surface area contributed by atoms with Gasteiger partial charge in [-0.15, -0.1) is 0 Å². The zero-order valence-electron chi connectivity index (χ0n) is 19.1. The molecule has 1 atom stereocenters. The van der Waals surface area contributed by atoms with Crippen LogP contribution in [0.3, 0.4) is 0 Å². The van der Waals surface area contributed by atoms with E-state index in [9.17, 15) is 4.79 Å². The van der Waals surface area contributed by atoms with E-state index in [1.54, 1.807) is 7.11 Å². The molecular formula is C25H39N3O2.